The molecule has 19 heavy (non-hydrogen) atoms. The molecule has 4 heteroatoms. The molecule has 2 N–H and O–H groups in total. The minimum absolute atomic E-state index is 0.371. The highest BCUT2D eigenvalue weighted by Gasteiger charge is 2.15. The zero-order chi connectivity index (χ0) is 13.8. The number of piperidine rings is 1. The van der Waals surface area contributed by atoms with Gasteiger partial charge in [-0.05, 0) is 45.7 Å². The van der Waals surface area contributed by atoms with E-state index in [1.165, 1.54) is 24.9 Å². The molecule has 106 valence electrons. The van der Waals surface area contributed by atoms with Gasteiger partial charge in [-0.3, -0.25) is 0 Å². The molecule has 1 aromatic rings. The van der Waals surface area contributed by atoms with Gasteiger partial charge in [-0.15, -0.1) is 0 Å². The normalized spacial score (nSPS) is 19.7. The van der Waals surface area contributed by atoms with E-state index in [9.17, 15) is 0 Å². The number of anilines is 1. The molecule has 0 aliphatic carbocycles. The summed E-state index contributed by atoms with van der Waals surface area (Å²) in [6.07, 6.45) is 2.59. The lowest BCUT2D eigenvalue weighted by molar-refractivity contribution is 0.392. The quantitative estimate of drug-likeness (QED) is 0.876. The Balaban J connectivity index is 2.05. The van der Waals surface area contributed by atoms with Crippen molar-refractivity contribution in [1.29, 1.82) is 0 Å². The fourth-order valence-corrected chi connectivity index (χ4v) is 2.42. The highest BCUT2D eigenvalue weighted by molar-refractivity contribution is 5.45. The molecule has 1 aromatic heterocycles. The highest BCUT2D eigenvalue weighted by atomic mass is 15.0. The van der Waals surface area contributed by atoms with Crippen LogP contribution in [0, 0.1) is 19.8 Å². The third kappa shape index (κ3) is 3.66. The minimum Gasteiger partial charge on any atom is -0.369 e. The van der Waals surface area contributed by atoms with Gasteiger partial charge in [-0.25, -0.2) is 9.97 Å². The van der Waals surface area contributed by atoms with Crippen molar-refractivity contribution in [2.75, 3.05) is 25.0 Å². The van der Waals surface area contributed by atoms with Crippen LogP contribution >= 0.6 is 0 Å². The van der Waals surface area contributed by atoms with Crippen LogP contribution in [0.5, 0.6) is 0 Å². The van der Waals surface area contributed by atoms with Crippen LogP contribution in [-0.4, -0.2) is 29.6 Å². The Hall–Kier alpha value is -1.16. The van der Waals surface area contributed by atoms with E-state index in [2.05, 4.69) is 48.3 Å². The average molecular weight is 262 g/mol. The van der Waals surface area contributed by atoms with Gasteiger partial charge in [0.2, 0.25) is 0 Å². The zero-order valence-corrected chi connectivity index (χ0v) is 12.6. The first kappa shape index (κ1) is 14.3. The molecule has 1 unspecified atom stereocenters. The second-order valence-corrected chi connectivity index (χ2v) is 5.89. The molecule has 0 bridgehead atoms. The lowest BCUT2D eigenvalue weighted by atomic mass is 10.00. The number of hydrogen-bond acceptors (Lipinski definition) is 4. The first-order valence-corrected chi connectivity index (χ1v) is 7.37. The Morgan fingerprint density at radius 2 is 2.11 bits per heavy atom. The van der Waals surface area contributed by atoms with Gasteiger partial charge in [0.1, 0.15) is 11.6 Å². The van der Waals surface area contributed by atoms with Crippen LogP contribution in [0.1, 0.15) is 49.7 Å². The summed E-state index contributed by atoms with van der Waals surface area (Å²) in [7, 11) is 0. The smallest absolute Gasteiger partial charge is 0.133 e. The van der Waals surface area contributed by atoms with Crippen LogP contribution in [0.2, 0.25) is 0 Å². The van der Waals surface area contributed by atoms with E-state index in [-0.39, 0.29) is 0 Å². The number of nitrogens with zero attached hydrogens (tertiary/aromatic N) is 2. The Morgan fingerprint density at radius 1 is 1.32 bits per heavy atom. The third-order valence-electron chi connectivity index (χ3n) is 3.88. The van der Waals surface area contributed by atoms with Gasteiger partial charge in [0.05, 0.1) is 0 Å². The standard InChI is InChI=1S/C15H26N4/c1-10(2)14-18-12(4)11(3)15(19-14)17-9-13-6-5-7-16-8-13/h10,13,16H,5-9H2,1-4H3,(H,17,18,19). The number of nitrogens with one attached hydrogen (secondary N) is 2. The maximum atomic E-state index is 4.67. The topological polar surface area (TPSA) is 49.8 Å². The van der Waals surface area contributed by atoms with Crippen molar-refractivity contribution in [3.63, 3.8) is 0 Å². The summed E-state index contributed by atoms with van der Waals surface area (Å²) in [5, 5.41) is 6.98. The predicted octanol–water partition coefficient (Wildman–Crippen LogP) is 2.63. The van der Waals surface area contributed by atoms with E-state index in [4.69, 9.17) is 0 Å². The molecular weight excluding hydrogens is 236 g/mol. The lowest BCUT2D eigenvalue weighted by Gasteiger charge is -2.24. The van der Waals surface area contributed by atoms with E-state index in [1.807, 2.05) is 0 Å². The molecular formula is C15H26N4. The second kappa shape index (κ2) is 6.33. The van der Waals surface area contributed by atoms with Crippen molar-refractivity contribution in [2.24, 2.45) is 5.92 Å². The van der Waals surface area contributed by atoms with Gasteiger partial charge >= 0.3 is 0 Å². The molecule has 1 saturated heterocycles. The summed E-state index contributed by atoms with van der Waals surface area (Å²) in [6, 6.07) is 0. The molecule has 2 heterocycles. The molecule has 0 amide bonds. The van der Waals surface area contributed by atoms with Gasteiger partial charge in [-0.2, -0.15) is 0 Å². The van der Waals surface area contributed by atoms with Crippen LogP contribution in [0.25, 0.3) is 0 Å². The van der Waals surface area contributed by atoms with E-state index >= 15 is 0 Å². The van der Waals surface area contributed by atoms with Crippen molar-refractivity contribution >= 4 is 5.82 Å². The summed E-state index contributed by atoms with van der Waals surface area (Å²) in [4.78, 5) is 9.24. The molecule has 2 rings (SSSR count). The summed E-state index contributed by atoms with van der Waals surface area (Å²) in [5.41, 5.74) is 2.26. The summed E-state index contributed by atoms with van der Waals surface area (Å²) < 4.78 is 0. The van der Waals surface area contributed by atoms with Gasteiger partial charge in [0, 0.05) is 23.7 Å². The maximum absolute atomic E-state index is 4.67. The summed E-state index contributed by atoms with van der Waals surface area (Å²) >= 11 is 0. The third-order valence-corrected chi connectivity index (χ3v) is 3.88. The van der Waals surface area contributed by atoms with Crippen LogP contribution < -0.4 is 10.6 Å². The van der Waals surface area contributed by atoms with Gasteiger partial charge < -0.3 is 10.6 Å². The van der Waals surface area contributed by atoms with E-state index in [0.717, 1.165) is 30.4 Å². The highest BCUT2D eigenvalue weighted by Crippen LogP contribution is 2.20. The molecule has 1 aliphatic heterocycles. The average Bonchev–Trinajstić information content (AvgIpc) is 2.41. The Labute approximate surface area is 116 Å². The molecule has 0 radical (unpaired) electrons. The van der Waals surface area contributed by atoms with E-state index < -0.39 is 0 Å². The molecule has 0 saturated carbocycles. The number of aromatic nitrogens is 2. The fourth-order valence-electron chi connectivity index (χ4n) is 2.42. The van der Waals surface area contributed by atoms with E-state index in [1.54, 1.807) is 0 Å². The Kier molecular flexibility index (Phi) is 4.75. The molecule has 1 aliphatic rings. The van der Waals surface area contributed by atoms with Crippen LogP contribution in [0.3, 0.4) is 0 Å². The van der Waals surface area contributed by atoms with Crippen molar-refractivity contribution in [3.8, 4) is 0 Å². The van der Waals surface area contributed by atoms with Gasteiger partial charge in [0.15, 0.2) is 0 Å². The predicted molar refractivity (Wildman–Crippen MR) is 79.7 cm³/mol. The largest absolute Gasteiger partial charge is 0.369 e. The number of aryl methyl sites for hydroxylation is 1. The van der Waals surface area contributed by atoms with E-state index in [0.29, 0.717) is 11.8 Å². The molecule has 1 fully saturated rings. The lowest BCUT2D eigenvalue weighted by Crippen LogP contribution is -2.33. The molecule has 1 atom stereocenters. The van der Waals surface area contributed by atoms with Crippen molar-refractivity contribution in [1.82, 2.24) is 15.3 Å². The first-order chi connectivity index (χ1) is 9.08. The maximum Gasteiger partial charge on any atom is 0.133 e. The van der Waals surface area contributed by atoms with Crippen molar-refractivity contribution in [3.05, 3.63) is 17.1 Å². The Morgan fingerprint density at radius 3 is 2.74 bits per heavy atom. The first-order valence-electron chi connectivity index (χ1n) is 7.37. The fraction of sp³-hybridized carbons (Fsp3) is 0.733. The minimum atomic E-state index is 0.371. The molecule has 0 spiro atoms. The van der Waals surface area contributed by atoms with Crippen molar-refractivity contribution < 1.29 is 0 Å². The summed E-state index contributed by atoms with van der Waals surface area (Å²) in [6.45, 7) is 11.7. The zero-order valence-electron chi connectivity index (χ0n) is 12.6. The monoisotopic (exact) mass is 262 g/mol. The van der Waals surface area contributed by atoms with Crippen LogP contribution in [-0.2, 0) is 0 Å². The van der Waals surface area contributed by atoms with Gasteiger partial charge in [-0.1, -0.05) is 13.8 Å². The molecule has 4 nitrogen and oxygen atoms in total. The van der Waals surface area contributed by atoms with Crippen LogP contribution in [0.4, 0.5) is 5.82 Å². The van der Waals surface area contributed by atoms with Crippen LogP contribution in [0.15, 0.2) is 0 Å². The molecule has 0 aromatic carbocycles. The summed E-state index contributed by atoms with van der Waals surface area (Å²) in [5.74, 6) is 3.04. The number of hydrogen-bond donors (Lipinski definition) is 2. The Bertz CT molecular complexity index is 422. The second-order valence-electron chi connectivity index (χ2n) is 5.89. The SMILES string of the molecule is Cc1nc(C(C)C)nc(NCC2CCCNC2)c1C. The van der Waals surface area contributed by atoms with Crippen molar-refractivity contribution in [2.45, 2.75) is 46.5 Å². The number of rotatable bonds is 4. The van der Waals surface area contributed by atoms with Gasteiger partial charge in [0.25, 0.3) is 0 Å².